The molecule has 1 aromatic carbocycles. The Hall–Kier alpha value is -0.950. The standard InChI is InChI=1S/C17H25NO4S/c1-21-13-15-14-22-12-9-17(15)7-10-18(11-8-17)23(19,20)16-5-3-2-4-6-16/h2-6,15H,7-14H2,1H3/t15-/m1/s1. The molecular weight excluding hydrogens is 314 g/mol. The highest BCUT2D eigenvalue weighted by molar-refractivity contribution is 7.89. The van der Waals surface area contributed by atoms with Crippen molar-refractivity contribution in [3.05, 3.63) is 30.3 Å². The number of hydrogen-bond acceptors (Lipinski definition) is 4. The molecule has 3 rings (SSSR count). The van der Waals surface area contributed by atoms with Crippen LogP contribution in [0.4, 0.5) is 0 Å². The molecule has 2 aliphatic rings. The average molecular weight is 339 g/mol. The number of sulfonamides is 1. The minimum atomic E-state index is -3.38. The van der Waals surface area contributed by atoms with Gasteiger partial charge < -0.3 is 9.47 Å². The molecule has 23 heavy (non-hydrogen) atoms. The van der Waals surface area contributed by atoms with Gasteiger partial charge in [-0.3, -0.25) is 0 Å². The summed E-state index contributed by atoms with van der Waals surface area (Å²) in [7, 11) is -1.66. The molecule has 0 unspecified atom stereocenters. The molecule has 0 N–H and O–H groups in total. The van der Waals surface area contributed by atoms with Gasteiger partial charge in [0.25, 0.3) is 0 Å². The molecule has 0 saturated carbocycles. The van der Waals surface area contributed by atoms with Gasteiger partial charge >= 0.3 is 0 Å². The molecule has 1 aromatic rings. The highest BCUT2D eigenvalue weighted by atomic mass is 32.2. The number of rotatable bonds is 4. The fourth-order valence-corrected chi connectivity index (χ4v) is 5.34. The van der Waals surface area contributed by atoms with Crippen molar-refractivity contribution in [3.8, 4) is 0 Å². The van der Waals surface area contributed by atoms with E-state index < -0.39 is 10.0 Å². The summed E-state index contributed by atoms with van der Waals surface area (Å²) in [6.07, 6.45) is 2.77. The first kappa shape index (κ1) is 16.9. The van der Waals surface area contributed by atoms with Gasteiger partial charge in [0.2, 0.25) is 10.0 Å². The quantitative estimate of drug-likeness (QED) is 0.843. The minimum Gasteiger partial charge on any atom is -0.384 e. The van der Waals surface area contributed by atoms with Crippen LogP contribution in [0.25, 0.3) is 0 Å². The lowest BCUT2D eigenvalue weighted by Crippen LogP contribution is -2.50. The van der Waals surface area contributed by atoms with Gasteiger partial charge in [-0.15, -0.1) is 0 Å². The van der Waals surface area contributed by atoms with Gasteiger partial charge in [0.15, 0.2) is 0 Å². The zero-order valence-corrected chi connectivity index (χ0v) is 14.4. The second-order valence-corrected chi connectivity index (χ2v) is 8.49. The Morgan fingerprint density at radius 3 is 2.57 bits per heavy atom. The summed E-state index contributed by atoms with van der Waals surface area (Å²) < 4.78 is 38.1. The Morgan fingerprint density at radius 1 is 1.22 bits per heavy atom. The first-order valence-electron chi connectivity index (χ1n) is 8.20. The smallest absolute Gasteiger partial charge is 0.243 e. The molecule has 2 heterocycles. The molecule has 0 radical (unpaired) electrons. The van der Waals surface area contributed by atoms with Crippen LogP contribution >= 0.6 is 0 Å². The molecule has 6 heteroatoms. The Bertz CT molecular complexity index is 607. The largest absolute Gasteiger partial charge is 0.384 e. The fraction of sp³-hybridized carbons (Fsp3) is 0.647. The molecule has 2 fully saturated rings. The van der Waals surface area contributed by atoms with E-state index in [0.717, 1.165) is 32.5 Å². The Morgan fingerprint density at radius 2 is 1.91 bits per heavy atom. The molecular formula is C17H25NO4S. The van der Waals surface area contributed by atoms with Crippen molar-refractivity contribution in [2.75, 3.05) is 40.0 Å². The van der Waals surface area contributed by atoms with Crippen molar-refractivity contribution in [2.45, 2.75) is 24.2 Å². The van der Waals surface area contributed by atoms with Crippen molar-refractivity contribution in [1.82, 2.24) is 4.31 Å². The molecule has 0 amide bonds. The predicted octanol–water partition coefficient (Wildman–Crippen LogP) is 2.14. The molecule has 1 spiro atoms. The van der Waals surface area contributed by atoms with E-state index in [9.17, 15) is 8.42 Å². The van der Waals surface area contributed by atoms with E-state index >= 15 is 0 Å². The number of piperidine rings is 1. The molecule has 0 aromatic heterocycles. The van der Waals surface area contributed by atoms with Crippen LogP contribution in [0.15, 0.2) is 35.2 Å². The molecule has 5 nitrogen and oxygen atoms in total. The third-order valence-corrected chi connectivity index (χ3v) is 7.31. The Labute approximate surface area is 138 Å². The number of methoxy groups -OCH3 is 1. The summed E-state index contributed by atoms with van der Waals surface area (Å²) in [5.74, 6) is 0.364. The lowest BCUT2D eigenvalue weighted by Gasteiger charge is -2.48. The van der Waals surface area contributed by atoms with Crippen LogP contribution in [0.2, 0.25) is 0 Å². The van der Waals surface area contributed by atoms with Gasteiger partial charge in [-0.25, -0.2) is 8.42 Å². The van der Waals surface area contributed by atoms with Crippen molar-refractivity contribution in [1.29, 1.82) is 0 Å². The molecule has 2 saturated heterocycles. The third kappa shape index (κ3) is 3.31. The van der Waals surface area contributed by atoms with E-state index in [2.05, 4.69) is 0 Å². The summed E-state index contributed by atoms with van der Waals surface area (Å²) in [5.41, 5.74) is 0.164. The lowest BCUT2D eigenvalue weighted by molar-refractivity contribution is -0.0881. The van der Waals surface area contributed by atoms with Crippen molar-refractivity contribution < 1.29 is 17.9 Å². The maximum atomic E-state index is 12.7. The van der Waals surface area contributed by atoms with Crippen LogP contribution in [0.1, 0.15) is 19.3 Å². The zero-order chi connectivity index (χ0) is 16.3. The molecule has 0 bridgehead atoms. The van der Waals surface area contributed by atoms with Gasteiger partial charge in [0.1, 0.15) is 0 Å². The number of nitrogens with zero attached hydrogens (tertiary/aromatic N) is 1. The second kappa shape index (κ2) is 6.89. The number of hydrogen-bond donors (Lipinski definition) is 0. The third-order valence-electron chi connectivity index (χ3n) is 5.40. The van der Waals surface area contributed by atoms with Crippen LogP contribution < -0.4 is 0 Å². The van der Waals surface area contributed by atoms with Crippen molar-refractivity contribution in [3.63, 3.8) is 0 Å². The van der Waals surface area contributed by atoms with E-state index in [1.807, 2.05) is 6.07 Å². The average Bonchev–Trinajstić information content (AvgIpc) is 2.59. The second-order valence-electron chi connectivity index (χ2n) is 6.56. The highest BCUT2D eigenvalue weighted by Gasteiger charge is 2.45. The minimum absolute atomic E-state index is 0.164. The highest BCUT2D eigenvalue weighted by Crippen LogP contribution is 2.45. The van der Waals surface area contributed by atoms with Crippen LogP contribution in [-0.2, 0) is 19.5 Å². The topological polar surface area (TPSA) is 55.8 Å². The van der Waals surface area contributed by atoms with Gasteiger partial charge in [-0.2, -0.15) is 4.31 Å². The van der Waals surface area contributed by atoms with Crippen LogP contribution in [0.3, 0.4) is 0 Å². The number of benzene rings is 1. The summed E-state index contributed by atoms with van der Waals surface area (Å²) in [6.45, 7) is 3.34. The van der Waals surface area contributed by atoms with Crippen LogP contribution in [-0.4, -0.2) is 52.7 Å². The predicted molar refractivity (Wildman–Crippen MR) is 87.7 cm³/mol. The lowest BCUT2D eigenvalue weighted by atomic mass is 9.66. The molecule has 128 valence electrons. The first-order valence-corrected chi connectivity index (χ1v) is 9.64. The van der Waals surface area contributed by atoms with Gasteiger partial charge in [-0.05, 0) is 36.8 Å². The van der Waals surface area contributed by atoms with Gasteiger partial charge in [0, 0.05) is 32.7 Å². The maximum absolute atomic E-state index is 12.7. The van der Waals surface area contributed by atoms with E-state index in [1.165, 1.54) is 0 Å². The maximum Gasteiger partial charge on any atom is 0.243 e. The molecule has 2 aliphatic heterocycles. The SMILES string of the molecule is COC[C@@H]1COCCC12CCN(S(=O)(=O)c1ccccc1)CC2. The number of ether oxygens (including phenoxy) is 2. The summed E-state index contributed by atoms with van der Waals surface area (Å²) in [4.78, 5) is 0.386. The van der Waals surface area contributed by atoms with Crippen LogP contribution in [0, 0.1) is 11.3 Å². The summed E-state index contributed by atoms with van der Waals surface area (Å²) in [5, 5.41) is 0. The van der Waals surface area contributed by atoms with Gasteiger partial charge in [-0.1, -0.05) is 18.2 Å². The van der Waals surface area contributed by atoms with E-state index in [-0.39, 0.29) is 5.41 Å². The first-order chi connectivity index (χ1) is 11.1. The monoisotopic (exact) mass is 339 g/mol. The van der Waals surface area contributed by atoms with Crippen molar-refractivity contribution in [2.24, 2.45) is 11.3 Å². The Balaban J connectivity index is 1.73. The summed E-state index contributed by atoms with van der Waals surface area (Å²) in [6, 6.07) is 8.71. The van der Waals surface area contributed by atoms with Gasteiger partial charge in [0.05, 0.1) is 18.1 Å². The summed E-state index contributed by atoms with van der Waals surface area (Å²) >= 11 is 0. The Kier molecular flexibility index (Phi) is 5.06. The molecule has 1 atom stereocenters. The van der Waals surface area contributed by atoms with Crippen LogP contribution in [0.5, 0.6) is 0 Å². The van der Waals surface area contributed by atoms with Crippen molar-refractivity contribution >= 4 is 10.0 Å². The molecule has 0 aliphatic carbocycles. The zero-order valence-electron chi connectivity index (χ0n) is 13.6. The van der Waals surface area contributed by atoms with E-state index in [4.69, 9.17) is 9.47 Å². The normalized spacial score (nSPS) is 25.5. The fourth-order valence-electron chi connectivity index (χ4n) is 3.88. The van der Waals surface area contributed by atoms with E-state index in [0.29, 0.717) is 30.5 Å². The van der Waals surface area contributed by atoms with E-state index in [1.54, 1.807) is 35.7 Å².